The van der Waals surface area contributed by atoms with Crippen LogP contribution in [0.2, 0.25) is 0 Å². The molecule has 0 unspecified atom stereocenters. The molecule has 0 aliphatic carbocycles. The maximum Gasteiger partial charge on any atom is 0.387 e. The Morgan fingerprint density at radius 2 is 1.90 bits per heavy atom. The Balaban J connectivity index is 1.72. The Kier molecular flexibility index (Phi) is 5.18. The monoisotopic (exact) mass is 411 g/mol. The number of anilines is 2. The number of aryl methyl sites for hydroxylation is 1. The average molecular weight is 411 g/mol. The van der Waals surface area contributed by atoms with Gasteiger partial charge in [-0.1, -0.05) is 30.3 Å². The van der Waals surface area contributed by atoms with Gasteiger partial charge in [0.05, 0.1) is 5.57 Å². The molecule has 0 fully saturated rings. The first-order valence-corrected chi connectivity index (χ1v) is 9.23. The zero-order valence-corrected chi connectivity index (χ0v) is 16.3. The number of rotatable bonds is 5. The fourth-order valence-corrected chi connectivity index (χ4v) is 3.43. The third kappa shape index (κ3) is 3.73. The predicted molar refractivity (Wildman–Crippen MR) is 107 cm³/mol. The fourth-order valence-electron chi connectivity index (χ4n) is 3.43. The minimum absolute atomic E-state index is 0.0353. The van der Waals surface area contributed by atoms with Crippen molar-refractivity contribution in [3.8, 4) is 5.75 Å². The molecule has 1 aliphatic rings. The number of ether oxygens (including phenoxy) is 1. The van der Waals surface area contributed by atoms with Gasteiger partial charge in [0.25, 0.3) is 5.91 Å². The van der Waals surface area contributed by atoms with Crippen LogP contribution in [0.5, 0.6) is 5.75 Å². The molecule has 1 atom stereocenters. The Morgan fingerprint density at radius 1 is 1.17 bits per heavy atom. The number of alkyl halides is 2. The predicted octanol–water partition coefficient (Wildman–Crippen LogP) is 4.12. The summed E-state index contributed by atoms with van der Waals surface area (Å²) in [5.74, 6) is 0.222. The van der Waals surface area contributed by atoms with Crippen LogP contribution in [0, 0.1) is 6.92 Å². The van der Waals surface area contributed by atoms with Gasteiger partial charge in [-0.2, -0.15) is 18.9 Å². The molecule has 0 radical (unpaired) electrons. The number of nitrogens with one attached hydrogen (secondary N) is 2. The second-order valence-electron chi connectivity index (χ2n) is 6.81. The summed E-state index contributed by atoms with van der Waals surface area (Å²) in [5.41, 5.74) is 3.38. The topological polar surface area (TPSA) is 81.1 Å². The Hall–Kier alpha value is -3.75. The van der Waals surface area contributed by atoms with Crippen molar-refractivity contribution in [2.45, 2.75) is 26.5 Å². The van der Waals surface area contributed by atoms with Crippen LogP contribution >= 0.6 is 0 Å². The van der Waals surface area contributed by atoms with E-state index in [1.54, 1.807) is 23.7 Å². The van der Waals surface area contributed by atoms with Gasteiger partial charge in [0.15, 0.2) is 0 Å². The molecule has 7 nitrogen and oxygen atoms in total. The lowest BCUT2D eigenvalue weighted by molar-refractivity contribution is -0.113. The molecule has 2 N–H and O–H groups in total. The first-order valence-electron chi connectivity index (χ1n) is 9.23. The number of fused-ring (bicyclic) bond motifs is 1. The number of hydrogen-bond donors (Lipinski definition) is 2. The van der Waals surface area contributed by atoms with Crippen molar-refractivity contribution < 1.29 is 18.3 Å². The van der Waals surface area contributed by atoms with Crippen LogP contribution in [0.4, 0.5) is 20.4 Å². The van der Waals surface area contributed by atoms with E-state index in [4.69, 9.17) is 0 Å². The van der Waals surface area contributed by atoms with Crippen LogP contribution in [0.25, 0.3) is 0 Å². The molecular weight excluding hydrogens is 392 g/mol. The van der Waals surface area contributed by atoms with E-state index < -0.39 is 12.7 Å². The standard InChI is InChI=1S/C21H19F2N5O2/c1-12-5-3-4-6-16(12)27-19(29)17-13(2)26-21-24-11-25-28(21)18(17)14-7-9-15(10-8-14)30-20(22)23/h3-11,18,20H,1-2H3,(H,27,29)(H,24,25,26)/t18-/m0/s1. The van der Waals surface area contributed by atoms with Crippen LogP contribution in [-0.4, -0.2) is 27.3 Å². The third-order valence-corrected chi connectivity index (χ3v) is 4.85. The van der Waals surface area contributed by atoms with Crippen molar-refractivity contribution in [2.24, 2.45) is 0 Å². The van der Waals surface area contributed by atoms with E-state index in [1.165, 1.54) is 18.5 Å². The largest absolute Gasteiger partial charge is 0.435 e. The Labute approximate surface area is 171 Å². The molecule has 0 spiro atoms. The van der Waals surface area contributed by atoms with Crippen LogP contribution < -0.4 is 15.4 Å². The molecule has 9 heteroatoms. The quantitative estimate of drug-likeness (QED) is 0.660. The maximum atomic E-state index is 13.3. The number of halogens is 2. The molecule has 1 aliphatic heterocycles. The Morgan fingerprint density at radius 3 is 2.60 bits per heavy atom. The highest BCUT2D eigenvalue weighted by Gasteiger charge is 2.33. The number of benzene rings is 2. The molecule has 3 aromatic rings. The van der Waals surface area contributed by atoms with Gasteiger partial charge in [-0.05, 0) is 43.2 Å². The number of para-hydroxylation sites is 1. The first kappa shape index (κ1) is 19.6. The second-order valence-corrected chi connectivity index (χ2v) is 6.81. The minimum Gasteiger partial charge on any atom is -0.435 e. The second kappa shape index (κ2) is 7.94. The molecule has 4 rings (SSSR count). The number of carbonyl (C=O) groups excluding carboxylic acids is 1. The van der Waals surface area contributed by atoms with Gasteiger partial charge < -0.3 is 15.4 Å². The number of allylic oxidation sites excluding steroid dienone is 1. The first-order chi connectivity index (χ1) is 14.4. The van der Waals surface area contributed by atoms with E-state index in [2.05, 4.69) is 25.5 Å². The van der Waals surface area contributed by atoms with Crippen molar-refractivity contribution in [3.05, 3.63) is 77.3 Å². The maximum absolute atomic E-state index is 13.3. The molecule has 1 amide bonds. The van der Waals surface area contributed by atoms with Crippen LogP contribution in [0.3, 0.4) is 0 Å². The lowest BCUT2D eigenvalue weighted by atomic mass is 9.95. The number of hydrogen-bond acceptors (Lipinski definition) is 5. The molecule has 1 aromatic heterocycles. The molecule has 0 saturated heterocycles. The highest BCUT2D eigenvalue weighted by molar-refractivity contribution is 6.06. The minimum atomic E-state index is -2.91. The number of amides is 1. The summed E-state index contributed by atoms with van der Waals surface area (Å²) < 4.78 is 31.0. The van der Waals surface area contributed by atoms with Crippen molar-refractivity contribution in [1.82, 2.24) is 14.8 Å². The van der Waals surface area contributed by atoms with E-state index in [0.717, 1.165) is 5.56 Å². The van der Waals surface area contributed by atoms with Crippen molar-refractivity contribution in [1.29, 1.82) is 0 Å². The lowest BCUT2D eigenvalue weighted by Gasteiger charge is -2.29. The molecule has 30 heavy (non-hydrogen) atoms. The van der Waals surface area contributed by atoms with Gasteiger partial charge in [0.1, 0.15) is 18.1 Å². The SMILES string of the molecule is CC1=C(C(=O)Nc2ccccc2C)[C@H](c2ccc(OC(F)F)cc2)n2ncnc2N1. The van der Waals surface area contributed by atoms with E-state index in [1.807, 2.05) is 31.2 Å². The van der Waals surface area contributed by atoms with E-state index in [0.29, 0.717) is 28.5 Å². The lowest BCUT2D eigenvalue weighted by Crippen LogP contribution is -2.31. The van der Waals surface area contributed by atoms with Gasteiger partial charge in [-0.15, -0.1) is 0 Å². The normalized spacial score (nSPS) is 15.6. The molecule has 0 saturated carbocycles. The van der Waals surface area contributed by atoms with E-state index in [9.17, 15) is 13.6 Å². The highest BCUT2D eigenvalue weighted by atomic mass is 19.3. The number of nitrogens with zero attached hydrogens (tertiary/aromatic N) is 3. The zero-order valence-electron chi connectivity index (χ0n) is 16.3. The van der Waals surface area contributed by atoms with Gasteiger partial charge in [0.2, 0.25) is 5.95 Å². The Bertz CT molecular complexity index is 1110. The molecule has 154 valence electrons. The molecular formula is C21H19F2N5O2. The highest BCUT2D eigenvalue weighted by Crippen LogP contribution is 2.36. The zero-order chi connectivity index (χ0) is 21.3. The summed E-state index contributed by atoms with van der Waals surface area (Å²) in [5, 5.41) is 10.3. The van der Waals surface area contributed by atoms with Crippen LogP contribution in [0.1, 0.15) is 24.1 Å². The number of aromatic nitrogens is 3. The van der Waals surface area contributed by atoms with E-state index in [-0.39, 0.29) is 11.7 Å². The third-order valence-electron chi connectivity index (χ3n) is 4.85. The van der Waals surface area contributed by atoms with Crippen LogP contribution in [0.15, 0.2) is 66.1 Å². The summed E-state index contributed by atoms with van der Waals surface area (Å²) in [7, 11) is 0. The van der Waals surface area contributed by atoms with Gasteiger partial charge in [0, 0.05) is 11.4 Å². The van der Waals surface area contributed by atoms with Crippen molar-refractivity contribution in [2.75, 3.05) is 10.6 Å². The summed E-state index contributed by atoms with van der Waals surface area (Å²) >= 11 is 0. The molecule has 2 aromatic carbocycles. The van der Waals surface area contributed by atoms with Gasteiger partial charge >= 0.3 is 6.61 Å². The summed E-state index contributed by atoms with van der Waals surface area (Å²) in [6.45, 7) is 0.783. The van der Waals surface area contributed by atoms with E-state index >= 15 is 0 Å². The van der Waals surface area contributed by atoms with Crippen molar-refractivity contribution in [3.63, 3.8) is 0 Å². The molecule has 2 heterocycles. The van der Waals surface area contributed by atoms with Crippen molar-refractivity contribution >= 4 is 17.5 Å². The van der Waals surface area contributed by atoms with Gasteiger partial charge in [-0.3, -0.25) is 4.79 Å². The summed E-state index contributed by atoms with van der Waals surface area (Å²) in [6.07, 6.45) is 1.39. The number of carbonyl (C=O) groups is 1. The smallest absolute Gasteiger partial charge is 0.387 e. The average Bonchev–Trinajstić information content (AvgIpc) is 3.17. The summed E-state index contributed by atoms with van der Waals surface area (Å²) in [4.78, 5) is 17.4. The van der Waals surface area contributed by atoms with Gasteiger partial charge in [-0.25, -0.2) is 4.68 Å². The van der Waals surface area contributed by atoms with Crippen LogP contribution in [-0.2, 0) is 4.79 Å². The molecule has 0 bridgehead atoms. The fraction of sp³-hybridized carbons (Fsp3) is 0.190. The summed E-state index contributed by atoms with van der Waals surface area (Å²) in [6, 6.07) is 13.0.